The molecular weight excluding hydrogens is 532 g/mol. The van der Waals surface area contributed by atoms with Gasteiger partial charge in [0.2, 0.25) is 0 Å². The summed E-state index contributed by atoms with van der Waals surface area (Å²) < 4.78 is 29.3. The van der Waals surface area contributed by atoms with Crippen molar-refractivity contribution in [3.05, 3.63) is 112 Å². The number of anilines is 2. The van der Waals surface area contributed by atoms with Crippen LogP contribution >= 0.6 is 11.6 Å². The number of halogens is 3. The van der Waals surface area contributed by atoms with Gasteiger partial charge < -0.3 is 10.6 Å². The van der Waals surface area contributed by atoms with E-state index in [9.17, 15) is 14.0 Å². The molecule has 202 valence electrons. The lowest BCUT2D eigenvalue weighted by molar-refractivity contribution is 0.422. The highest BCUT2D eigenvalue weighted by Gasteiger charge is 2.23. The minimum Gasteiger partial charge on any atom is -0.377 e. The van der Waals surface area contributed by atoms with Crippen molar-refractivity contribution in [2.45, 2.75) is 32.0 Å². The molecule has 0 aliphatic carbocycles. The molecule has 0 bridgehead atoms. The van der Waals surface area contributed by atoms with Gasteiger partial charge in [-0.2, -0.15) is 5.26 Å². The molecule has 2 aromatic heterocycles. The third kappa shape index (κ3) is 5.58. The average Bonchev–Trinajstić information content (AvgIpc) is 3.44. The molecule has 0 aliphatic heterocycles. The van der Waals surface area contributed by atoms with Crippen LogP contribution in [0.3, 0.4) is 0 Å². The van der Waals surface area contributed by atoms with E-state index in [1.54, 1.807) is 30.5 Å². The van der Waals surface area contributed by atoms with Crippen molar-refractivity contribution in [2.75, 3.05) is 17.3 Å². The van der Waals surface area contributed by atoms with Crippen molar-refractivity contribution in [3.63, 3.8) is 0 Å². The molecule has 3 aromatic carbocycles. The summed E-state index contributed by atoms with van der Waals surface area (Å²) in [7, 11) is 0. The molecule has 2 N–H and O–H groups in total. The van der Waals surface area contributed by atoms with Crippen molar-refractivity contribution >= 4 is 33.9 Å². The second-order valence-electron chi connectivity index (χ2n) is 9.22. The number of nitrogens with zero attached hydrogens (tertiary/aromatic N) is 5. The van der Waals surface area contributed by atoms with Gasteiger partial charge in [-0.15, -0.1) is 5.10 Å². The Kier molecular flexibility index (Phi) is 8.18. The van der Waals surface area contributed by atoms with Gasteiger partial charge in [-0.1, -0.05) is 72.3 Å². The van der Waals surface area contributed by atoms with Crippen LogP contribution in [-0.4, -0.2) is 26.7 Å². The first-order valence-corrected chi connectivity index (χ1v) is 13.2. The van der Waals surface area contributed by atoms with Crippen molar-refractivity contribution < 1.29 is 8.78 Å². The predicted molar refractivity (Wildman–Crippen MR) is 152 cm³/mol. The van der Waals surface area contributed by atoms with Crippen LogP contribution in [0.25, 0.3) is 10.9 Å². The molecule has 0 unspecified atom stereocenters. The maximum atomic E-state index is 15.0. The minimum atomic E-state index is -0.751. The lowest BCUT2D eigenvalue weighted by atomic mass is 10.0. The van der Waals surface area contributed by atoms with E-state index >= 15 is 0 Å². The topological polar surface area (TPSA) is 91.5 Å². The van der Waals surface area contributed by atoms with E-state index in [1.807, 2.05) is 36.4 Å². The smallest absolute Gasteiger partial charge is 0.128 e. The van der Waals surface area contributed by atoms with Crippen molar-refractivity contribution in [1.82, 2.24) is 20.0 Å². The van der Waals surface area contributed by atoms with Crippen LogP contribution in [0.15, 0.2) is 79.1 Å². The number of benzene rings is 3. The Morgan fingerprint density at radius 2 is 1.85 bits per heavy atom. The Morgan fingerprint density at radius 3 is 2.58 bits per heavy atom. The van der Waals surface area contributed by atoms with Gasteiger partial charge in [-0.05, 0) is 30.2 Å². The normalized spacial score (nSPS) is 12.6. The second kappa shape index (κ2) is 12.1. The molecule has 10 heteroatoms. The fourth-order valence-electron chi connectivity index (χ4n) is 4.69. The number of nitrogens with one attached hydrogen (secondary N) is 2. The third-order valence-corrected chi connectivity index (χ3v) is 6.96. The molecule has 0 amide bonds. The number of fused-ring (bicyclic) bond motifs is 1. The van der Waals surface area contributed by atoms with Gasteiger partial charge in [0.1, 0.15) is 30.3 Å². The number of hydrogen-bond donors (Lipinski definition) is 2. The SMILES string of the molecule is CC[C@@H](Nc1c(C#N)cnc2c(Cl)cc(N[C@H](c3cn(CCF)nn3)c3ccccc3F)cc12)c1ccccc1. The van der Waals surface area contributed by atoms with E-state index in [-0.39, 0.29) is 12.6 Å². The summed E-state index contributed by atoms with van der Waals surface area (Å²) in [6.45, 7) is 1.50. The summed E-state index contributed by atoms with van der Waals surface area (Å²) in [5.74, 6) is -0.434. The highest BCUT2D eigenvalue weighted by Crippen LogP contribution is 2.37. The van der Waals surface area contributed by atoms with Gasteiger partial charge >= 0.3 is 0 Å². The molecule has 0 aliphatic rings. The standard InChI is InChI=1S/C30H26ClF2N7/c1-2-26(19-8-4-3-5-9-19)37-28-20(16-34)17-35-29-23(28)14-21(15-24(29)31)36-30(22-10-6-7-11-25(22)33)27-18-40(13-12-32)39-38-27/h3-11,14-15,17-18,26,30,36H,2,12-13H2,1H3,(H,35,37)/t26-,30+/m1/s1. The molecule has 0 radical (unpaired) electrons. The molecule has 0 saturated heterocycles. The van der Waals surface area contributed by atoms with E-state index < -0.39 is 18.5 Å². The van der Waals surface area contributed by atoms with Crippen LogP contribution in [0.5, 0.6) is 0 Å². The number of aromatic nitrogens is 4. The van der Waals surface area contributed by atoms with Crippen LogP contribution in [-0.2, 0) is 6.54 Å². The van der Waals surface area contributed by atoms with E-state index in [0.29, 0.717) is 44.1 Å². The molecular formula is C30H26ClF2N7. The number of rotatable bonds is 10. The van der Waals surface area contributed by atoms with Gasteiger partial charge in [0.25, 0.3) is 0 Å². The monoisotopic (exact) mass is 557 g/mol. The Balaban J connectivity index is 1.60. The van der Waals surface area contributed by atoms with Crippen molar-refractivity contribution in [3.8, 4) is 6.07 Å². The Labute approximate surface area is 235 Å². The van der Waals surface area contributed by atoms with E-state index in [0.717, 1.165) is 12.0 Å². The number of aryl methyl sites for hydroxylation is 1. The summed E-state index contributed by atoms with van der Waals surface area (Å²) in [4.78, 5) is 4.45. The summed E-state index contributed by atoms with van der Waals surface area (Å²) >= 11 is 6.71. The number of hydrogen-bond acceptors (Lipinski definition) is 6. The fraction of sp³-hybridized carbons (Fsp3) is 0.200. The quantitative estimate of drug-likeness (QED) is 0.188. The predicted octanol–water partition coefficient (Wildman–Crippen LogP) is 7.22. The largest absolute Gasteiger partial charge is 0.377 e. The van der Waals surface area contributed by atoms with Gasteiger partial charge in [0.05, 0.1) is 40.6 Å². The van der Waals surface area contributed by atoms with Gasteiger partial charge in [0.15, 0.2) is 0 Å². The fourth-order valence-corrected chi connectivity index (χ4v) is 4.96. The molecule has 2 heterocycles. The highest BCUT2D eigenvalue weighted by atomic mass is 35.5. The Bertz CT molecular complexity index is 1670. The number of nitriles is 1. The molecule has 2 atom stereocenters. The maximum Gasteiger partial charge on any atom is 0.128 e. The molecule has 40 heavy (non-hydrogen) atoms. The molecule has 5 rings (SSSR count). The van der Waals surface area contributed by atoms with Crippen LogP contribution in [0, 0.1) is 17.1 Å². The first kappa shape index (κ1) is 27.0. The maximum absolute atomic E-state index is 15.0. The summed E-state index contributed by atoms with van der Waals surface area (Å²) in [6, 6.07) is 21.3. The van der Waals surface area contributed by atoms with Gasteiger partial charge in [0, 0.05) is 22.8 Å². The van der Waals surface area contributed by atoms with Crippen LogP contribution in [0.4, 0.5) is 20.2 Å². The summed E-state index contributed by atoms with van der Waals surface area (Å²) in [5.41, 5.74) is 3.87. The zero-order valence-corrected chi connectivity index (χ0v) is 22.4. The molecule has 5 aromatic rings. The third-order valence-electron chi connectivity index (χ3n) is 6.67. The van der Waals surface area contributed by atoms with Crippen LogP contribution < -0.4 is 10.6 Å². The number of pyridine rings is 1. The lowest BCUT2D eigenvalue weighted by Gasteiger charge is -2.22. The van der Waals surface area contributed by atoms with Crippen molar-refractivity contribution in [2.24, 2.45) is 0 Å². The van der Waals surface area contributed by atoms with E-state index in [4.69, 9.17) is 11.6 Å². The highest BCUT2D eigenvalue weighted by molar-refractivity contribution is 6.35. The zero-order valence-electron chi connectivity index (χ0n) is 21.7. The van der Waals surface area contributed by atoms with Crippen molar-refractivity contribution in [1.29, 1.82) is 5.26 Å². The molecule has 7 nitrogen and oxygen atoms in total. The minimum absolute atomic E-state index is 0.0381. The lowest BCUT2D eigenvalue weighted by Crippen LogP contribution is -2.15. The van der Waals surface area contributed by atoms with E-state index in [1.165, 1.54) is 16.9 Å². The first-order chi connectivity index (χ1) is 19.5. The van der Waals surface area contributed by atoms with Gasteiger partial charge in [-0.3, -0.25) is 4.98 Å². The average molecular weight is 558 g/mol. The summed E-state index contributed by atoms with van der Waals surface area (Å²) in [5, 5.41) is 25.9. The molecule has 0 spiro atoms. The van der Waals surface area contributed by atoms with E-state index in [2.05, 4.69) is 38.9 Å². The zero-order chi connectivity index (χ0) is 28.1. The second-order valence-corrected chi connectivity index (χ2v) is 9.63. The van der Waals surface area contributed by atoms with Crippen LogP contribution in [0.1, 0.15) is 47.8 Å². The Morgan fingerprint density at radius 1 is 1.07 bits per heavy atom. The van der Waals surface area contributed by atoms with Crippen LogP contribution in [0.2, 0.25) is 5.02 Å². The Hall–Kier alpha value is -4.55. The molecule has 0 saturated carbocycles. The molecule has 0 fully saturated rings. The first-order valence-electron chi connectivity index (χ1n) is 12.8. The number of alkyl halides is 1. The van der Waals surface area contributed by atoms with Gasteiger partial charge in [-0.25, -0.2) is 13.5 Å². The summed E-state index contributed by atoms with van der Waals surface area (Å²) in [6.07, 6.45) is 3.86.